The number of carbonyl (C=O) groups is 2. The van der Waals surface area contributed by atoms with Gasteiger partial charge >= 0.3 is 5.97 Å². The molecule has 0 saturated carbocycles. The zero-order valence-corrected chi connectivity index (χ0v) is 12.4. The third-order valence-corrected chi connectivity index (χ3v) is 3.64. The summed E-state index contributed by atoms with van der Waals surface area (Å²) in [6, 6.07) is 5.20. The first-order valence-electron chi connectivity index (χ1n) is 6.21. The first kappa shape index (κ1) is 14.9. The third-order valence-electron chi connectivity index (χ3n) is 2.76. The molecule has 0 bridgehead atoms. The van der Waals surface area contributed by atoms with Gasteiger partial charge in [-0.1, -0.05) is 12.1 Å². The van der Waals surface area contributed by atoms with Gasteiger partial charge in [0.15, 0.2) is 5.13 Å². The molecule has 108 valence electrons. The van der Waals surface area contributed by atoms with Crippen LogP contribution >= 0.6 is 11.3 Å². The Hall–Kier alpha value is -2.47. The molecule has 0 radical (unpaired) electrons. The molecule has 0 saturated heterocycles. The van der Waals surface area contributed by atoms with E-state index < -0.39 is 5.97 Å². The monoisotopic (exact) mass is 302 g/mol. The van der Waals surface area contributed by atoms with E-state index in [1.807, 2.05) is 19.2 Å². The van der Waals surface area contributed by atoms with Crippen molar-refractivity contribution in [3.8, 4) is 0 Å². The fraction of sp³-hybridized carbons (Fsp3) is 0.133. The maximum Gasteiger partial charge on any atom is 0.328 e. The Balaban J connectivity index is 2.23. The lowest BCUT2D eigenvalue weighted by atomic mass is 10.0. The summed E-state index contributed by atoms with van der Waals surface area (Å²) < 4.78 is 0. The van der Waals surface area contributed by atoms with Gasteiger partial charge < -0.3 is 5.11 Å². The molecule has 2 aromatic rings. The Bertz CT molecular complexity index is 719. The van der Waals surface area contributed by atoms with E-state index in [2.05, 4.69) is 10.3 Å². The van der Waals surface area contributed by atoms with Crippen LogP contribution in [0.15, 0.2) is 29.7 Å². The van der Waals surface area contributed by atoms with Gasteiger partial charge in [0.2, 0.25) is 0 Å². The Morgan fingerprint density at radius 1 is 1.33 bits per heavy atom. The maximum absolute atomic E-state index is 12.2. The number of hydrogen-bond acceptors (Lipinski definition) is 4. The zero-order valence-electron chi connectivity index (χ0n) is 11.6. The molecule has 21 heavy (non-hydrogen) atoms. The predicted molar refractivity (Wildman–Crippen MR) is 82.7 cm³/mol. The van der Waals surface area contributed by atoms with E-state index in [4.69, 9.17) is 5.11 Å². The number of aryl methyl sites for hydroxylation is 2. The van der Waals surface area contributed by atoms with Crippen molar-refractivity contribution < 1.29 is 14.7 Å². The van der Waals surface area contributed by atoms with Crippen molar-refractivity contribution in [2.75, 3.05) is 5.32 Å². The van der Waals surface area contributed by atoms with Gasteiger partial charge in [0.05, 0.1) is 5.69 Å². The summed E-state index contributed by atoms with van der Waals surface area (Å²) in [7, 11) is 0. The van der Waals surface area contributed by atoms with Gasteiger partial charge in [0.1, 0.15) is 0 Å². The number of amides is 1. The number of carboxylic acids is 1. The average Bonchev–Trinajstić information content (AvgIpc) is 2.83. The Kier molecular flexibility index (Phi) is 4.49. The van der Waals surface area contributed by atoms with Crippen molar-refractivity contribution in [3.63, 3.8) is 0 Å². The van der Waals surface area contributed by atoms with Crippen molar-refractivity contribution >= 4 is 34.4 Å². The van der Waals surface area contributed by atoms with Crippen LogP contribution in [0.1, 0.15) is 27.2 Å². The number of aliphatic carboxylic acids is 1. The van der Waals surface area contributed by atoms with Gasteiger partial charge in [0.25, 0.3) is 5.91 Å². The number of thiazole rings is 1. The number of nitrogens with one attached hydrogen (secondary N) is 1. The highest BCUT2D eigenvalue weighted by atomic mass is 32.1. The van der Waals surface area contributed by atoms with E-state index in [0.717, 1.165) is 17.3 Å². The molecule has 1 aromatic carbocycles. The molecule has 2 rings (SSSR count). The van der Waals surface area contributed by atoms with E-state index in [1.54, 1.807) is 18.2 Å². The van der Waals surface area contributed by atoms with Crippen LogP contribution in [0.3, 0.4) is 0 Å². The highest BCUT2D eigenvalue weighted by molar-refractivity contribution is 7.13. The SMILES string of the molecule is Cc1csc(NC(=O)c2cc(C=CC(=O)O)ccc2C)n1. The van der Waals surface area contributed by atoms with E-state index in [9.17, 15) is 9.59 Å². The summed E-state index contributed by atoms with van der Waals surface area (Å²) in [6.07, 6.45) is 2.49. The van der Waals surface area contributed by atoms with Gasteiger partial charge in [-0.05, 0) is 37.1 Å². The van der Waals surface area contributed by atoms with Gasteiger partial charge in [-0.2, -0.15) is 0 Å². The second kappa shape index (κ2) is 6.32. The summed E-state index contributed by atoms with van der Waals surface area (Å²) in [5.41, 5.74) is 2.82. The highest BCUT2D eigenvalue weighted by Gasteiger charge is 2.11. The predicted octanol–water partition coefficient (Wildman–Crippen LogP) is 3.11. The van der Waals surface area contributed by atoms with Crippen molar-refractivity contribution in [3.05, 3.63) is 52.0 Å². The Morgan fingerprint density at radius 2 is 2.10 bits per heavy atom. The molecular formula is C15H14N2O3S. The molecule has 0 aliphatic heterocycles. The minimum atomic E-state index is -1.03. The number of carbonyl (C=O) groups excluding carboxylic acids is 1. The first-order valence-corrected chi connectivity index (χ1v) is 7.09. The molecule has 0 aliphatic carbocycles. The van der Waals surface area contributed by atoms with E-state index in [0.29, 0.717) is 16.3 Å². The molecule has 2 N–H and O–H groups in total. The molecule has 1 heterocycles. The van der Waals surface area contributed by atoms with Gasteiger partial charge in [-0.15, -0.1) is 11.3 Å². The molecule has 0 fully saturated rings. The molecule has 1 amide bonds. The molecule has 5 nitrogen and oxygen atoms in total. The number of aromatic nitrogens is 1. The number of rotatable bonds is 4. The lowest BCUT2D eigenvalue weighted by Gasteiger charge is -2.06. The normalized spacial score (nSPS) is 10.8. The number of benzene rings is 1. The van der Waals surface area contributed by atoms with E-state index >= 15 is 0 Å². The summed E-state index contributed by atoms with van der Waals surface area (Å²) in [4.78, 5) is 27.0. The number of hydrogen-bond donors (Lipinski definition) is 2. The zero-order chi connectivity index (χ0) is 15.4. The molecule has 0 atom stereocenters. The minimum Gasteiger partial charge on any atom is -0.478 e. The van der Waals surface area contributed by atoms with Crippen molar-refractivity contribution in [2.24, 2.45) is 0 Å². The van der Waals surface area contributed by atoms with Gasteiger partial charge in [0, 0.05) is 17.0 Å². The van der Waals surface area contributed by atoms with E-state index in [1.165, 1.54) is 17.4 Å². The summed E-state index contributed by atoms with van der Waals surface area (Å²) >= 11 is 1.36. The van der Waals surface area contributed by atoms with Crippen molar-refractivity contribution in [1.82, 2.24) is 4.98 Å². The topological polar surface area (TPSA) is 79.3 Å². The largest absolute Gasteiger partial charge is 0.478 e. The van der Waals surface area contributed by atoms with Crippen LogP contribution in [0.5, 0.6) is 0 Å². The lowest BCUT2D eigenvalue weighted by Crippen LogP contribution is -2.13. The van der Waals surface area contributed by atoms with Crippen LogP contribution in [0.2, 0.25) is 0 Å². The van der Waals surface area contributed by atoms with Gasteiger partial charge in [-0.25, -0.2) is 9.78 Å². The first-order chi connectivity index (χ1) is 9.95. The second-order valence-corrected chi connectivity index (χ2v) is 5.35. The fourth-order valence-corrected chi connectivity index (χ4v) is 2.41. The molecule has 0 spiro atoms. The summed E-state index contributed by atoms with van der Waals surface area (Å²) in [6.45, 7) is 3.68. The maximum atomic E-state index is 12.2. The van der Waals surface area contributed by atoms with Crippen molar-refractivity contribution in [1.29, 1.82) is 0 Å². The molecule has 1 aromatic heterocycles. The molecule has 0 aliphatic rings. The quantitative estimate of drug-likeness (QED) is 0.850. The van der Waals surface area contributed by atoms with Crippen LogP contribution in [0, 0.1) is 13.8 Å². The Labute approximate surface area is 126 Å². The number of nitrogens with zero attached hydrogens (tertiary/aromatic N) is 1. The van der Waals surface area contributed by atoms with Crippen LogP contribution in [0.4, 0.5) is 5.13 Å². The third kappa shape index (κ3) is 4.00. The van der Waals surface area contributed by atoms with E-state index in [-0.39, 0.29) is 5.91 Å². The van der Waals surface area contributed by atoms with Crippen LogP contribution < -0.4 is 5.32 Å². The van der Waals surface area contributed by atoms with Crippen molar-refractivity contribution in [2.45, 2.75) is 13.8 Å². The van der Waals surface area contributed by atoms with Gasteiger partial charge in [-0.3, -0.25) is 10.1 Å². The molecule has 0 unspecified atom stereocenters. The highest BCUT2D eigenvalue weighted by Crippen LogP contribution is 2.18. The van der Waals surface area contributed by atoms with Crippen LogP contribution in [0.25, 0.3) is 6.08 Å². The van der Waals surface area contributed by atoms with Crippen LogP contribution in [-0.4, -0.2) is 22.0 Å². The fourth-order valence-electron chi connectivity index (χ4n) is 1.73. The second-order valence-electron chi connectivity index (χ2n) is 4.49. The standard InChI is InChI=1S/C15H14N2O3S/c1-9-3-4-11(5-6-13(18)19)7-12(9)14(20)17-15-16-10(2)8-21-15/h3-8H,1-2H3,(H,18,19)(H,16,17,20). The minimum absolute atomic E-state index is 0.257. The smallest absolute Gasteiger partial charge is 0.328 e. The number of anilines is 1. The lowest BCUT2D eigenvalue weighted by molar-refractivity contribution is -0.131. The summed E-state index contributed by atoms with van der Waals surface area (Å²) in [5, 5.41) is 13.8. The summed E-state index contributed by atoms with van der Waals surface area (Å²) in [5.74, 6) is -1.28. The average molecular weight is 302 g/mol. The molecule has 6 heteroatoms. The molecular weight excluding hydrogens is 288 g/mol. The van der Waals surface area contributed by atoms with Crippen LogP contribution in [-0.2, 0) is 4.79 Å². The number of carboxylic acid groups (broad SMARTS) is 1. The Morgan fingerprint density at radius 3 is 2.71 bits per heavy atom.